The van der Waals surface area contributed by atoms with Crippen molar-refractivity contribution in [3.8, 4) is 11.5 Å². The Morgan fingerprint density at radius 1 is 0.725 bits per heavy atom. The molecule has 2 aromatic carbocycles. The molecule has 0 aliphatic carbocycles. The summed E-state index contributed by atoms with van der Waals surface area (Å²) in [7, 11) is 0. The predicted molar refractivity (Wildman–Crippen MR) is 247 cm³/mol. The second kappa shape index (κ2) is 32.1. The molecule has 1 aromatic heterocycles. The number of carbonyl (C=O) groups is 3. The summed E-state index contributed by atoms with van der Waals surface area (Å²) in [6, 6.07) is 13.3. The number of aliphatic hydroxyl groups excluding tert-OH is 3. The average Bonchev–Trinajstić information content (AvgIpc) is 3.31. The molecule has 4 atom stereocenters. The second-order valence-electron chi connectivity index (χ2n) is 16.3. The van der Waals surface area contributed by atoms with Crippen LogP contribution in [-0.2, 0) is 58.8 Å². The minimum Gasteiger partial charge on any atom is -0.486 e. The van der Waals surface area contributed by atoms with Gasteiger partial charge in [-0.05, 0) is 50.6 Å². The Balaban J connectivity index is 1.02. The number of hydrogen-bond donors (Lipinski definition) is 6. The third-order valence-electron chi connectivity index (χ3n) is 9.55. The summed E-state index contributed by atoms with van der Waals surface area (Å²) in [6.07, 6.45) is -5.30. The van der Waals surface area contributed by atoms with Crippen LogP contribution in [0.5, 0.6) is 11.5 Å². The van der Waals surface area contributed by atoms with Crippen molar-refractivity contribution in [3.05, 3.63) is 59.8 Å². The summed E-state index contributed by atoms with van der Waals surface area (Å²) in [5, 5.41) is 46.4. The average molecular weight is 980 g/mol. The van der Waals surface area contributed by atoms with E-state index in [-0.39, 0.29) is 62.1 Å². The SMILES string of the molecule is CC(C)(C)OC(=O)NCCOCCOCCOCCOCCOCCOCCOCCOCCC(=O)Nc1cc(COc2cc3ccccc3nc2C(=O)O)ccc1O[C@@H]1O[C@H](CO)C[C@H](O)[C@H]1O. The molecule has 2 heterocycles. The normalized spacial score (nSPS) is 17.1. The van der Waals surface area contributed by atoms with Gasteiger partial charge in [0.25, 0.3) is 0 Å². The molecule has 1 aliphatic rings. The lowest BCUT2D eigenvalue weighted by Gasteiger charge is -2.36. The summed E-state index contributed by atoms with van der Waals surface area (Å²) in [4.78, 5) is 40.9. The monoisotopic (exact) mass is 979 g/mol. The van der Waals surface area contributed by atoms with Crippen LogP contribution in [0, 0.1) is 0 Å². The molecule has 6 N–H and O–H groups in total. The summed E-state index contributed by atoms with van der Waals surface area (Å²) < 4.78 is 66.6. The zero-order chi connectivity index (χ0) is 49.7. The highest BCUT2D eigenvalue weighted by molar-refractivity contribution is 5.93. The van der Waals surface area contributed by atoms with Gasteiger partial charge in [-0.1, -0.05) is 24.3 Å². The van der Waals surface area contributed by atoms with Crippen molar-refractivity contribution >= 4 is 34.6 Å². The number of hydrogen-bond acceptors (Lipinski definition) is 19. The summed E-state index contributed by atoms with van der Waals surface area (Å²) in [5.74, 6) is -1.54. The fourth-order valence-electron chi connectivity index (χ4n) is 6.20. The molecule has 69 heavy (non-hydrogen) atoms. The molecule has 22 heteroatoms. The van der Waals surface area contributed by atoms with Gasteiger partial charge in [0.05, 0.1) is 142 Å². The van der Waals surface area contributed by atoms with Gasteiger partial charge in [-0.3, -0.25) is 4.79 Å². The summed E-state index contributed by atoms with van der Waals surface area (Å²) >= 11 is 0. The molecule has 3 aromatic rings. The van der Waals surface area contributed by atoms with E-state index in [2.05, 4.69) is 15.6 Å². The standard InChI is InChI=1S/C47H69N3O19/c1-47(2,3)69-46(57)48-11-13-59-15-17-61-19-21-63-23-25-65-27-26-64-24-22-62-20-18-60-16-14-58-12-10-41(53)49-37-28-33(8-9-39(37)68-45-43(54)38(52)30-35(31-51)67-45)32-66-40-29-34-6-4-5-7-36(34)50-42(40)44(55)56/h4-9,28-29,35,38,43,45,51-52,54H,10-27,30-32H2,1-3H3,(H,48,57)(H,49,53)(H,55,56)/t35-,38-,43+,45-/m0/s1. The molecular formula is C47H69N3O19. The van der Waals surface area contributed by atoms with E-state index < -0.39 is 54.8 Å². The van der Waals surface area contributed by atoms with Crippen molar-refractivity contribution in [1.82, 2.24) is 10.3 Å². The fraction of sp³-hybridized carbons (Fsp3) is 0.617. The van der Waals surface area contributed by atoms with Crippen LogP contribution in [-0.4, -0.2) is 192 Å². The van der Waals surface area contributed by atoms with Crippen LogP contribution in [0.4, 0.5) is 10.5 Å². The summed E-state index contributed by atoms with van der Waals surface area (Å²) in [6.45, 7) is 11.1. The van der Waals surface area contributed by atoms with Gasteiger partial charge in [0.15, 0.2) is 11.4 Å². The van der Waals surface area contributed by atoms with Crippen LogP contribution in [0.1, 0.15) is 49.7 Å². The Hall–Kier alpha value is -4.82. The van der Waals surface area contributed by atoms with E-state index >= 15 is 0 Å². The lowest BCUT2D eigenvalue weighted by atomic mass is 10.0. The Morgan fingerprint density at radius 3 is 1.83 bits per heavy atom. The Kier molecular flexibility index (Phi) is 26.4. The molecule has 1 saturated heterocycles. The number of pyridine rings is 1. The molecule has 0 saturated carbocycles. The molecule has 0 spiro atoms. The number of aliphatic hydroxyl groups is 3. The third-order valence-corrected chi connectivity index (χ3v) is 9.55. The lowest BCUT2D eigenvalue weighted by Crippen LogP contribution is -2.51. The quantitative estimate of drug-likeness (QED) is 0.0462. The highest BCUT2D eigenvalue weighted by atomic mass is 16.7. The van der Waals surface area contributed by atoms with Gasteiger partial charge < -0.3 is 87.9 Å². The van der Waals surface area contributed by atoms with E-state index in [1.807, 2.05) is 0 Å². The number of rotatable bonds is 35. The van der Waals surface area contributed by atoms with E-state index in [9.17, 15) is 34.8 Å². The van der Waals surface area contributed by atoms with Gasteiger partial charge in [-0.25, -0.2) is 14.6 Å². The van der Waals surface area contributed by atoms with E-state index in [1.54, 1.807) is 63.2 Å². The van der Waals surface area contributed by atoms with Gasteiger partial charge in [0.1, 0.15) is 24.1 Å². The maximum Gasteiger partial charge on any atom is 0.407 e. The largest absolute Gasteiger partial charge is 0.486 e. The van der Waals surface area contributed by atoms with Gasteiger partial charge in [-0.15, -0.1) is 0 Å². The Morgan fingerprint density at radius 2 is 1.28 bits per heavy atom. The molecule has 1 fully saturated rings. The number of amides is 2. The first-order valence-corrected chi connectivity index (χ1v) is 22.9. The minimum atomic E-state index is -1.44. The van der Waals surface area contributed by atoms with E-state index in [1.165, 1.54) is 6.07 Å². The van der Waals surface area contributed by atoms with Crippen LogP contribution < -0.4 is 20.1 Å². The summed E-state index contributed by atoms with van der Waals surface area (Å²) in [5.41, 5.74) is 0.405. The molecule has 386 valence electrons. The van der Waals surface area contributed by atoms with Crippen LogP contribution >= 0.6 is 0 Å². The number of ether oxygens (including phenoxy) is 12. The van der Waals surface area contributed by atoms with Gasteiger partial charge in [-0.2, -0.15) is 0 Å². The first-order valence-electron chi connectivity index (χ1n) is 22.9. The van der Waals surface area contributed by atoms with Crippen LogP contribution in [0.3, 0.4) is 0 Å². The van der Waals surface area contributed by atoms with Gasteiger partial charge in [0, 0.05) is 18.4 Å². The van der Waals surface area contributed by atoms with E-state index in [0.29, 0.717) is 109 Å². The lowest BCUT2D eigenvalue weighted by molar-refractivity contribution is -0.240. The molecule has 22 nitrogen and oxygen atoms in total. The molecule has 0 bridgehead atoms. The number of para-hydroxylation sites is 1. The van der Waals surface area contributed by atoms with E-state index in [4.69, 9.17) is 56.8 Å². The minimum absolute atomic E-state index is 0.00430. The number of aromatic nitrogens is 1. The first kappa shape index (κ1) is 56.8. The topological polar surface area (TPSA) is 280 Å². The predicted octanol–water partition coefficient (Wildman–Crippen LogP) is 2.71. The number of anilines is 1. The molecular weight excluding hydrogens is 911 g/mol. The molecule has 4 rings (SSSR count). The number of benzene rings is 2. The number of fused-ring (bicyclic) bond motifs is 1. The highest BCUT2D eigenvalue weighted by Gasteiger charge is 2.38. The van der Waals surface area contributed by atoms with Gasteiger partial charge >= 0.3 is 12.1 Å². The Bertz CT molecular complexity index is 1950. The van der Waals surface area contributed by atoms with Crippen molar-refractivity contribution < 1.29 is 91.7 Å². The number of nitrogens with zero attached hydrogens (tertiary/aromatic N) is 1. The Labute approximate surface area is 401 Å². The smallest absolute Gasteiger partial charge is 0.407 e. The van der Waals surface area contributed by atoms with Crippen molar-refractivity contribution in [1.29, 1.82) is 0 Å². The number of carboxylic acid groups (broad SMARTS) is 1. The van der Waals surface area contributed by atoms with Gasteiger partial charge in [0.2, 0.25) is 12.2 Å². The maximum atomic E-state index is 13.1. The molecule has 2 amide bonds. The third kappa shape index (κ3) is 23.1. The van der Waals surface area contributed by atoms with Crippen molar-refractivity contribution in [2.75, 3.05) is 124 Å². The van der Waals surface area contributed by atoms with Crippen LogP contribution in [0.25, 0.3) is 10.9 Å². The van der Waals surface area contributed by atoms with Crippen molar-refractivity contribution in [2.45, 2.75) is 70.4 Å². The maximum absolute atomic E-state index is 13.1. The van der Waals surface area contributed by atoms with Crippen LogP contribution in [0.15, 0.2) is 48.5 Å². The number of nitrogens with one attached hydrogen (secondary N) is 2. The zero-order valence-corrected chi connectivity index (χ0v) is 39.6. The highest BCUT2D eigenvalue weighted by Crippen LogP contribution is 2.32. The number of alkyl carbamates (subject to hydrolysis) is 1. The first-order chi connectivity index (χ1) is 33.3. The van der Waals surface area contributed by atoms with Crippen LogP contribution in [0.2, 0.25) is 0 Å². The number of carboxylic acids is 1. The molecule has 0 radical (unpaired) electrons. The number of carbonyl (C=O) groups excluding carboxylic acids is 2. The molecule has 0 unspecified atom stereocenters. The zero-order valence-electron chi connectivity index (χ0n) is 39.6. The van der Waals surface area contributed by atoms with Crippen molar-refractivity contribution in [2.24, 2.45) is 0 Å². The van der Waals surface area contributed by atoms with Crippen molar-refractivity contribution in [3.63, 3.8) is 0 Å². The fourth-order valence-corrected chi connectivity index (χ4v) is 6.20. The van der Waals surface area contributed by atoms with E-state index in [0.717, 1.165) is 0 Å². The number of aromatic carboxylic acids is 1. The second-order valence-corrected chi connectivity index (χ2v) is 16.3. The molecule has 1 aliphatic heterocycles.